The summed E-state index contributed by atoms with van der Waals surface area (Å²) in [6.07, 6.45) is 1.82. The molecule has 0 bridgehead atoms. The van der Waals surface area contributed by atoms with Crippen LogP contribution in [-0.2, 0) is 0 Å². The van der Waals surface area contributed by atoms with E-state index in [-0.39, 0.29) is 11.6 Å². The smallest absolute Gasteiger partial charge is 0.269 e. The van der Waals surface area contributed by atoms with Crippen LogP contribution in [-0.4, -0.2) is 11.5 Å². The Hall–Kier alpha value is -3.13. The Morgan fingerprint density at radius 1 is 1.31 bits per heavy atom. The van der Waals surface area contributed by atoms with E-state index < -0.39 is 4.92 Å². The maximum absolute atomic E-state index is 10.8. The Bertz CT molecular complexity index is 875. The Labute approximate surface area is 153 Å². The van der Waals surface area contributed by atoms with E-state index in [4.69, 9.17) is 4.74 Å². The van der Waals surface area contributed by atoms with Crippen LogP contribution in [0.4, 0.5) is 5.69 Å². The molecule has 0 unspecified atom stereocenters. The van der Waals surface area contributed by atoms with Crippen molar-refractivity contribution in [1.29, 1.82) is 5.26 Å². The molecule has 0 N–H and O–H groups in total. The molecule has 2 aromatic rings. The highest BCUT2D eigenvalue weighted by Crippen LogP contribution is 2.32. The minimum atomic E-state index is -0.453. The third-order valence-corrected chi connectivity index (χ3v) is 4.13. The molecule has 0 fully saturated rings. The molecule has 5 heteroatoms. The molecule has 134 valence electrons. The zero-order valence-corrected chi connectivity index (χ0v) is 15.4. The molecular formula is C21H22N2O3. The summed E-state index contributed by atoms with van der Waals surface area (Å²) in [5.74, 6) is 1.15. The van der Waals surface area contributed by atoms with Crippen molar-refractivity contribution in [3.63, 3.8) is 0 Å². The van der Waals surface area contributed by atoms with Gasteiger partial charge >= 0.3 is 0 Å². The number of nitriles is 1. The number of allylic oxidation sites excluding steroid dienone is 1. The van der Waals surface area contributed by atoms with E-state index in [0.717, 1.165) is 22.4 Å². The van der Waals surface area contributed by atoms with Crippen molar-refractivity contribution >= 4 is 17.3 Å². The molecule has 0 atom stereocenters. The molecule has 2 aromatic carbocycles. The number of nitro benzene ring substituents is 1. The van der Waals surface area contributed by atoms with E-state index in [1.165, 1.54) is 12.1 Å². The van der Waals surface area contributed by atoms with E-state index in [2.05, 4.69) is 19.9 Å². The fourth-order valence-corrected chi connectivity index (χ4v) is 2.70. The fraction of sp³-hybridized carbons (Fsp3) is 0.286. The van der Waals surface area contributed by atoms with Gasteiger partial charge in [-0.05, 0) is 72.4 Å². The fourth-order valence-electron chi connectivity index (χ4n) is 2.70. The lowest BCUT2D eigenvalue weighted by Crippen LogP contribution is -2.00. The van der Waals surface area contributed by atoms with Gasteiger partial charge in [0.05, 0.1) is 23.2 Å². The molecule has 0 saturated heterocycles. The normalized spacial score (nSPS) is 11.3. The largest absolute Gasteiger partial charge is 0.494 e. The molecule has 0 spiro atoms. The number of non-ortho nitro benzene ring substituents is 1. The van der Waals surface area contributed by atoms with Crippen molar-refractivity contribution in [1.82, 2.24) is 0 Å². The van der Waals surface area contributed by atoms with Gasteiger partial charge in [0, 0.05) is 12.1 Å². The molecule has 0 radical (unpaired) electrons. The topological polar surface area (TPSA) is 76.2 Å². The highest BCUT2D eigenvalue weighted by molar-refractivity contribution is 5.90. The molecule has 0 saturated carbocycles. The minimum Gasteiger partial charge on any atom is -0.494 e. The van der Waals surface area contributed by atoms with Crippen LogP contribution in [0.2, 0.25) is 0 Å². The van der Waals surface area contributed by atoms with Gasteiger partial charge in [-0.3, -0.25) is 10.1 Å². The number of ether oxygens (including phenoxy) is 1. The van der Waals surface area contributed by atoms with Gasteiger partial charge in [0.15, 0.2) is 0 Å². The lowest BCUT2D eigenvalue weighted by molar-refractivity contribution is -0.384. The zero-order chi connectivity index (χ0) is 19.3. The van der Waals surface area contributed by atoms with Crippen molar-refractivity contribution < 1.29 is 9.66 Å². The maximum atomic E-state index is 10.8. The van der Waals surface area contributed by atoms with Crippen molar-refractivity contribution in [2.75, 3.05) is 6.61 Å². The second-order valence-electron chi connectivity index (χ2n) is 6.31. The summed E-state index contributed by atoms with van der Waals surface area (Å²) in [5, 5.41) is 20.3. The van der Waals surface area contributed by atoms with Gasteiger partial charge in [-0.25, -0.2) is 0 Å². The molecule has 0 aliphatic rings. The quantitative estimate of drug-likeness (QED) is 0.299. The van der Waals surface area contributed by atoms with Gasteiger partial charge in [-0.1, -0.05) is 13.8 Å². The van der Waals surface area contributed by atoms with Gasteiger partial charge in [0.1, 0.15) is 5.75 Å². The monoisotopic (exact) mass is 350 g/mol. The van der Waals surface area contributed by atoms with Crippen molar-refractivity contribution in [3.8, 4) is 11.8 Å². The molecule has 2 rings (SSSR count). The SMILES string of the molecule is CCOc1cc(C)c(/C=C(/C#N)c2ccc([N+](=O)[O-])cc2)cc1C(C)C. The first kappa shape index (κ1) is 19.2. The first-order valence-electron chi connectivity index (χ1n) is 8.51. The number of hydrogen-bond acceptors (Lipinski definition) is 4. The van der Waals surface area contributed by atoms with E-state index in [9.17, 15) is 15.4 Å². The molecular weight excluding hydrogens is 328 g/mol. The van der Waals surface area contributed by atoms with Crippen LogP contribution < -0.4 is 4.74 Å². The van der Waals surface area contributed by atoms with Crippen LogP contribution in [0.1, 0.15) is 48.9 Å². The number of aryl methyl sites for hydroxylation is 1. The summed E-state index contributed by atoms with van der Waals surface area (Å²) in [5.41, 5.74) is 4.15. The van der Waals surface area contributed by atoms with Crippen LogP contribution >= 0.6 is 0 Å². The van der Waals surface area contributed by atoms with Crippen molar-refractivity contribution in [3.05, 3.63) is 68.8 Å². The van der Waals surface area contributed by atoms with E-state index >= 15 is 0 Å². The summed E-state index contributed by atoms with van der Waals surface area (Å²) in [4.78, 5) is 10.3. The molecule has 0 aliphatic heterocycles. The second-order valence-corrected chi connectivity index (χ2v) is 6.31. The summed E-state index contributed by atoms with van der Waals surface area (Å²) < 4.78 is 5.74. The van der Waals surface area contributed by atoms with Crippen LogP contribution in [0.15, 0.2) is 36.4 Å². The van der Waals surface area contributed by atoms with Crippen molar-refractivity contribution in [2.45, 2.75) is 33.6 Å². The Morgan fingerprint density at radius 3 is 2.46 bits per heavy atom. The highest BCUT2D eigenvalue weighted by atomic mass is 16.6. The predicted octanol–water partition coefficient (Wildman–Crippen LogP) is 5.49. The number of hydrogen-bond donors (Lipinski definition) is 0. The Morgan fingerprint density at radius 2 is 1.96 bits per heavy atom. The molecule has 0 heterocycles. The Balaban J connectivity index is 2.50. The lowest BCUT2D eigenvalue weighted by Gasteiger charge is -2.16. The summed E-state index contributed by atoms with van der Waals surface area (Å²) in [6, 6.07) is 12.2. The van der Waals surface area contributed by atoms with Crippen LogP contribution in [0.25, 0.3) is 11.6 Å². The number of benzene rings is 2. The van der Waals surface area contributed by atoms with Gasteiger partial charge in [0.2, 0.25) is 0 Å². The Kier molecular flexibility index (Phi) is 6.13. The summed E-state index contributed by atoms with van der Waals surface area (Å²) in [6.45, 7) is 8.73. The average molecular weight is 350 g/mol. The lowest BCUT2D eigenvalue weighted by atomic mass is 9.94. The van der Waals surface area contributed by atoms with Crippen molar-refractivity contribution in [2.24, 2.45) is 0 Å². The highest BCUT2D eigenvalue weighted by Gasteiger charge is 2.12. The minimum absolute atomic E-state index is 0.00498. The number of nitro groups is 1. The second kappa shape index (κ2) is 8.30. The van der Waals surface area contributed by atoms with E-state index in [0.29, 0.717) is 17.7 Å². The van der Waals surface area contributed by atoms with Crippen LogP contribution in [0.5, 0.6) is 5.75 Å². The van der Waals surface area contributed by atoms with Gasteiger partial charge in [-0.2, -0.15) is 5.26 Å². The zero-order valence-electron chi connectivity index (χ0n) is 15.4. The molecule has 0 amide bonds. The van der Waals surface area contributed by atoms with Gasteiger partial charge in [0.25, 0.3) is 5.69 Å². The van der Waals surface area contributed by atoms with Gasteiger partial charge < -0.3 is 4.74 Å². The first-order chi connectivity index (χ1) is 12.4. The average Bonchev–Trinajstić information content (AvgIpc) is 2.61. The molecule has 0 aliphatic carbocycles. The summed E-state index contributed by atoms with van der Waals surface area (Å²) >= 11 is 0. The van der Waals surface area contributed by atoms with E-state index in [1.54, 1.807) is 12.1 Å². The third-order valence-electron chi connectivity index (χ3n) is 4.13. The van der Waals surface area contributed by atoms with Crippen LogP contribution in [0, 0.1) is 28.4 Å². The van der Waals surface area contributed by atoms with E-state index in [1.807, 2.05) is 32.1 Å². The van der Waals surface area contributed by atoms with Crippen LogP contribution in [0.3, 0.4) is 0 Å². The van der Waals surface area contributed by atoms with Gasteiger partial charge in [-0.15, -0.1) is 0 Å². The number of rotatable bonds is 6. The predicted molar refractivity (Wildman–Crippen MR) is 103 cm³/mol. The maximum Gasteiger partial charge on any atom is 0.269 e. The first-order valence-corrected chi connectivity index (χ1v) is 8.51. The summed E-state index contributed by atoms with van der Waals surface area (Å²) in [7, 11) is 0. The number of nitrogens with zero attached hydrogens (tertiary/aromatic N) is 2. The third kappa shape index (κ3) is 4.28. The molecule has 26 heavy (non-hydrogen) atoms. The molecule has 0 aromatic heterocycles. The molecule has 5 nitrogen and oxygen atoms in total. The standard InChI is InChI=1S/C21H22N2O3/c1-5-26-21-10-15(4)17(12-20(21)14(2)3)11-18(13-22)16-6-8-19(9-7-16)23(24)25/h6-12,14H,5H2,1-4H3/b18-11-.